The monoisotopic (exact) mass is 372 g/mol. The molecule has 2 aliphatic carbocycles. The molecule has 0 aromatic heterocycles. The summed E-state index contributed by atoms with van der Waals surface area (Å²) >= 11 is 0. The minimum absolute atomic E-state index is 0.0613. The Bertz CT molecular complexity index is 425. The first-order chi connectivity index (χ1) is 11.6. The first-order valence-corrected chi connectivity index (χ1v) is 8.62. The molecular weight excluding hydrogens is 350 g/mol. The highest BCUT2D eigenvalue weighted by atomic mass is 19.4. The highest BCUT2D eigenvalue weighted by Crippen LogP contribution is 2.65. The standard InChI is InChI=1S/C17H22F6O2/c18-16(19,20)15(17(21,22)23,13-5-1-11(9-24)2-6-13)14-7-3-12(10-25)4-8-14/h9-14H,1-8H2. The third kappa shape index (κ3) is 3.58. The molecular formula is C17H22F6O2. The van der Waals surface area contributed by atoms with E-state index in [-0.39, 0.29) is 51.4 Å². The van der Waals surface area contributed by atoms with E-state index in [4.69, 9.17) is 0 Å². The van der Waals surface area contributed by atoms with E-state index in [0.29, 0.717) is 12.6 Å². The molecule has 0 aromatic rings. The quantitative estimate of drug-likeness (QED) is 0.508. The van der Waals surface area contributed by atoms with Gasteiger partial charge in [-0.2, -0.15) is 26.3 Å². The largest absolute Gasteiger partial charge is 0.403 e. The van der Waals surface area contributed by atoms with E-state index in [1.165, 1.54) is 0 Å². The maximum absolute atomic E-state index is 13.9. The fourth-order valence-corrected chi connectivity index (χ4v) is 4.84. The molecule has 0 radical (unpaired) electrons. The van der Waals surface area contributed by atoms with Gasteiger partial charge in [-0.25, -0.2) is 0 Å². The van der Waals surface area contributed by atoms with Crippen molar-refractivity contribution in [2.24, 2.45) is 29.1 Å². The van der Waals surface area contributed by atoms with Crippen LogP contribution in [0.15, 0.2) is 0 Å². The van der Waals surface area contributed by atoms with Crippen molar-refractivity contribution in [2.45, 2.75) is 63.7 Å². The Morgan fingerprint density at radius 2 is 0.840 bits per heavy atom. The molecule has 0 amide bonds. The van der Waals surface area contributed by atoms with Crippen molar-refractivity contribution >= 4 is 12.6 Å². The molecule has 0 spiro atoms. The number of alkyl halides is 6. The van der Waals surface area contributed by atoms with Gasteiger partial charge < -0.3 is 9.59 Å². The van der Waals surface area contributed by atoms with Gasteiger partial charge in [-0.15, -0.1) is 0 Å². The molecule has 144 valence electrons. The maximum atomic E-state index is 13.9. The highest BCUT2D eigenvalue weighted by Gasteiger charge is 2.76. The third-order valence-corrected chi connectivity index (χ3v) is 6.15. The molecule has 0 atom stereocenters. The van der Waals surface area contributed by atoms with Crippen LogP contribution in [-0.2, 0) is 9.59 Å². The number of rotatable bonds is 4. The summed E-state index contributed by atoms with van der Waals surface area (Å²) in [7, 11) is 0. The minimum Gasteiger partial charge on any atom is -0.303 e. The summed E-state index contributed by atoms with van der Waals surface area (Å²) in [5.74, 6) is -4.05. The SMILES string of the molecule is O=CC1CCC(C(C2CCC(C=O)CC2)(C(F)(F)F)C(F)(F)F)CC1. The van der Waals surface area contributed by atoms with Crippen LogP contribution >= 0.6 is 0 Å². The number of hydrogen-bond donors (Lipinski definition) is 0. The van der Waals surface area contributed by atoms with Gasteiger partial charge >= 0.3 is 12.4 Å². The average Bonchev–Trinajstić information content (AvgIpc) is 2.54. The van der Waals surface area contributed by atoms with Crippen molar-refractivity contribution < 1.29 is 35.9 Å². The van der Waals surface area contributed by atoms with E-state index in [0.717, 1.165) is 0 Å². The van der Waals surface area contributed by atoms with Crippen LogP contribution in [0.2, 0.25) is 0 Å². The summed E-state index contributed by atoms with van der Waals surface area (Å²) in [5.41, 5.74) is -3.75. The number of aldehydes is 2. The van der Waals surface area contributed by atoms with Crippen LogP contribution in [-0.4, -0.2) is 24.9 Å². The van der Waals surface area contributed by atoms with E-state index in [2.05, 4.69) is 0 Å². The number of halogens is 6. The number of carbonyl (C=O) groups is 2. The second-order valence-corrected chi connectivity index (χ2v) is 7.36. The zero-order valence-corrected chi connectivity index (χ0v) is 13.7. The molecule has 0 heterocycles. The molecule has 2 saturated carbocycles. The lowest BCUT2D eigenvalue weighted by Crippen LogP contribution is -2.60. The Hall–Kier alpha value is -1.08. The van der Waals surface area contributed by atoms with Crippen LogP contribution in [0.1, 0.15) is 51.4 Å². The third-order valence-electron chi connectivity index (χ3n) is 6.15. The molecule has 8 heteroatoms. The molecule has 0 aliphatic heterocycles. The molecule has 2 aliphatic rings. The Morgan fingerprint density at radius 3 is 1.04 bits per heavy atom. The van der Waals surface area contributed by atoms with Gasteiger partial charge in [0.05, 0.1) is 0 Å². The van der Waals surface area contributed by atoms with Crippen LogP contribution < -0.4 is 0 Å². The molecule has 0 saturated heterocycles. The molecule has 2 fully saturated rings. The maximum Gasteiger partial charge on any atom is 0.403 e. The first-order valence-electron chi connectivity index (χ1n) is 8.62. The summed E-state index contributed by atoms with van der Waals surface area (Å²) in [4.78, 5) is 21.6. The van der Waals surface area contributed by atoms with Gasteiger partial charge in [0.15, 0.2) is 5.41 Å². The van der Waals surface area contributed by atoms with Crippen molar-refractivity contribution in [2.75, 3.05) is 0 Å². The summed E-state index contributed by atoms with van der Waals surface area (Å²) < 4.78 is 83.6. The number of hydrogen-bond acceptors (Lipinski definition) is 2. The van der Waals surface area contributed by atoms with Crippen LogP contribution in [0.4, 0.5) is 26.3 Å². The van der Waals surface area contributed by atoms with E-state index in [1.807, 2.05) is 0 Å². The molecule has 0 aromatic carbocycles. The van der Waals surface area contributed by atoms with Crippen LogP contribution in [0, 0.1) is 29.1 Å². The predicted octanol–water partition coefficient (Wildman–Crippen LogP) is 5.11. The van der Waals surface area contributed by atoms with Gasteiger partial charge in [0.2, 0.25) is 0 Å². The van der Waals surface area contributed by atoms with Crippen molar-refractivity contribution in [1.29, 1.82) is 0 Å². The van der Waals surface area contributed by atoms with Gasteiger partial charge in [0, 0.05) is 11.8 Å². The molecule has 0 bridgehead atoms. The van der Waals surface area contributed by atoms with Gasteiger partial charge in [-0.1, -0.05) is 0 Å². The minimum atomic E-state index is -5.41. The lowest BCUT2D eigenvalue weighted by Gasteiger charge is -2.51. The molecule has 25 heavy (non-hydrogen) atoms. The summed E-state index contributed by atoms with van der Waals surface area (Å²) in [5, 5.41) is 0. The van der Waals surface area contributed by atoms with Crippen molar-refractivity contribution in [3.63, 3.8) is 0 Å². The van der Waals surface area contributed by atoms with Crippen LogP contribution in [0.5, 0.6) is 0 Å². The summed E-state index contributed by atoms with van der Waals surface area (Å²) in [6.07, 6.45) is -10.4. The second kappa shape index (κ2) is 7.27. The lowest BCUT2D eigenvalue weighted by atomic mass is 9.56. The van der Waals surface area contributed by atoms with Crippen molar-refractivity contribution in [3.05, 3.63) is 0 Å². The van der Waals surface area contributed by atoms with Gasteiger partial charge in [0.1, 0.15) is 12.6 Å². The summed E-state index contributed by atoms with van der Waals surface area (Å²) in [6, 6.07) is 0. The van der Waals surface area contributed by atoms with Crippen molar-refractivity contribution in [1.82, 2.24) is 0 Å². The average molecular weight is 372 g/mol. The molecule has 0 N–H and O–H groups in total. The smallest absolute Gasteiger partial charge is 0.303 e. The summed E-state index contributed by atoms with van der Waals surface area (Å²) in [6.45, 7) is 0. The Labute approximate surface area is 142 Å². The Kier molecular flexibility index (Phi) is 5.88. The van der Waals surface area contributed by atoms with Gasteiger partial charge in [-0.05, 0) is 63.2 Å². The normalized spacial score (nSPS) is 32.2. The van der Waals surface area contributed by atoms with Gasteiger partial charge in [0.25, 0.3) is 0 Å². The van der Waals surface area contributed by atoms with E-state index < -0.39 is 41.4 Å². The van der Waals surface area contributed by atoms with Crippen molar-refractivity contribution in [3.8, 4) is 0 Å². The zero-order valence-electron chi connectivity index (χ0n) is 13.7. The fraction of sp³-hybridized carbons (Fsp3) is 0.882. The predicted molar refractivity (Wildman–Crippen MR) is 77.6 cm³/mol. The lowest BCUT2D eigenvalue weighted by molar-refractivity contribution is -0.382. The highest BCUT2D eigenvalue weighted by molar-refractivity contribution is 5.54. The van der Waals surface area contributed by atoms with E-state index >= 15 is 0 Å². The van der Waals surface area contributed by atoms with Crippen LogP contribution in [0.3, 0.4) is 0 Å². The zero-order chi connectivity index (χ0) is 18.9. The number of carbonyl (C=O) groups excluding carboxylic acids is 2. The van der Waals surface area contributed by atoms with Crippen LogP contribution in [0.25, 0.3) is 0 Å². The van der Waals surface area contributed by atoms with E-state index in [1.54, 1.807) is 0 Å². The fourth-order valence-electron chi connectivity index (χ4n) is 4.84. The topological polar surface area (TPSA) is 34.1 Å². The molecule has 0 unspecified atom stereocenters. The molecule has 2 nitrogen and oxygen atoms in total. The van der Waals surface area contributed by atoms with E-state index in [9.17, 15) is 35.9 Å². The molecule has 2 rings (SSSR count). The first kappa shape index (κ1) is 20.2. The Morgan fingerprint density at radius 1 is 0.560 bits per heavy atom. The van der Waals surface area contributed by atoms with Gasteiger partial charge in [-0.3, -0.25) is 0 Å². The Balaban J connectivity index is 2.40. The second-order valence-electron chi connectivity index (χ2n) is 7.36.